The van der Waals surface area contributed by atoms with Gasteiger partial charge in [0.1, 0.15) is 0 Å². The van der Waals surface area contributed by atoms with Gasteiger partial charge < -0.3 is 13.9 Å². The Balaban J connectivity index is 1.75. The van der Waals surface area contributed by atoms with Gasteiger partial charge in [-0.15, -0.1) is 0 Å². The molecule has 0 radical (unpaired) electrons. The summed E-state index contributed by atoms with van der Waals surface area (Å²) in [6.07, 6.45) is 0.0688. The van der Waals surface area contributed by atoms with Crippen molar-refractivity contribution in [3.63, 3.8) is 0 Å². The fourth-order valence-electron chi connectivity index (χ4n) is 2.25. The number of fused-ring (bicyclic) bond motifs is 1. The van der Waals surface area contributed by atoms with Crippen LogP contribution in [0.3, 0.4) is 0 Å². The molecule has 1 aromatic heterocycles. The highest BCUT2D eigenvalue weighted by atomic mass is 32.2. The van der Waals surface area contributed by atoms with Crippen LogP contribution < -0.4 is 10.5 Å². The summed E-state index contributed by atoms with van der Waals surface area (Å²) in [6.45, 7) is 1.26. The van der Waals surface area contributed by atoms with Gasteiger partial charge >= 0.3 is 5.76 Å². The van der Waals surface area contributed by atoms with E-state index in [1.54, 1.807) is 7.05 Å². The monoisotopic (exact) mass is 328 g/mol. The Morgan fingerprint density at radius 3 is 2.77 bits per heavy atom. The summed E-state index contributed by atoms with van der Waals surface area (Å²) < 4.78 is 43.7. The van der Waals surface area contributed by atoms with Gasteiger partial charge in [-0.3, -0.25) is 4.57 Å². The van der Waals surface area contributed by atoms with Gasteiger partial charge in [0.2, 0.25) is 10.0 Å². The summed E-state index contributed by atoms with van der Waals surface area (Å²) in [5.74, 6) is -0.534. The molecule has 0 unspecified atom stereocenters. The quantitative estimate of drug-likeness (QED) is 0.840. The van der Waals surface area contributed by atoms with Crippen molar-refractivity contribution >= 4 is 21.1 Å². The zero-order valence-corrected chi connectivity index (χ0v) is 12.8. The molecule has 0 saturated carbocycles. The van der Waals surface area contributed by atoms with Gasteiger partial charge in [-0.1, -0.05) is 0 Å². The van der Waals surface area contributed by atoms with E-state index in [0.29, 0.717) is 25.2 Å². The molecule has 1 saturated heterocycles. The third kappa shape index (κ3) is 2.93. The van der Waals surface area contributed by atoms with Crippen LogP contribution in [0.25, 0.3) is 11.1 Å². The maximum Gasteiger partial charge on any atom is 0.419 e. The van der Waals surface area contributed by atoms with E-state index in [9.17, 15) is 13.2 Å². The zero-order valence-electron chi connectivity index (χ0n) is 11.9. The number of sulfonamides is 1. The summed E-state index contributed by atoms with van der Waals surface area (Å²) in [4.78, 5) is 11.5. The number of benzene rings is 1. The first-order valence-corrected chi connectivity index (χ1v) is 8.28. The van der Waals surface area contributed by atoms with Crippen molar-refractivity contribution in [3.05, 3.63) is 28.7 Å². The molecule has 1 fully saturated rings. The SMILES string of the molecule is Cn1c(=O)oc2cc(S(=O)(=O)NCCC3OCCO3)ccc21. The fourth-order valence-corrected chi connectivity index (χ4v) is 3.31. The molecule has 8 nitrogen and oxygen atoms in total. The molecule has 0 amide bonds. The van der Waals surface area contributed by atoms with Gasteiger partial charge in [-0.25, -0.2) is 17.9 Å². The van der Waals surface area contributed by atoms with Gasteiger partial charge in [0.25, 0.3) is 0 Å². The Labute approximate surface area is 126 Å². The van der Waals surface area contributed by atoms with Crippen LogP contribution in [-0.4, -0.2) is 39.0 Å². The van der Waals surface area contributed by atoms with Crippen molar-refractivity contribution in [2.45, 2.75) is 17.6 Å². The molecule has 2 heterocycles. The van der Waals surface area contributed by atoms with Crippen molar-refractivity contribution < 1.29 is 22.3 Å². The minimum absolute atomic E-state index is 0.0441. The first-order chi connectivity index (χ1) is 10.5. The molecule has 1 N–H and O–H groups in total. The number of nitrogens with one attached hydrogen (secondary N) is 1. The third-order valence-corrected chi connectivity index (χ3v) is 4.90. The van der Waals surface area contributed by atoms with E-state index in [2.05, 4.69) is 4.72 Å². The average Bonchev–Trinajstić information content (AvgIpc) is 3.08. The van der Waals surface area contributed by atoms with Crippen LogP contribution in [-0.2, 0) is 26.5 Å². The molecular weight excluding hydrogens is 312 g/mol. The van der Waals surface area contributed by atoms with E-state index in [1.807, 2.05) is 0 Å². The normalized spacial score (nSPS) is 16.6. The van der Waals surface area contributed by atoms with Crippen molar-refractivity contribution in [1.82, 2.24) is 9.29 Å². The molecule has 2 aromatic rings. The molecule has 0 spiro atoms. The van der Waals surface area contributed by atoms with Gasteiger partial charge in [0, 0.05) is 26.1 Å². The number of oxazole rings is 1. The molecule has 1 aromatic carbocycles. The van der Waals surface area contributed by atoms with Crippen LogP contribution in [0.2, 0.25) is 0 Å². The third-order valence-electron chi connectivity index (χ3n) is 3.44. The lowest BCUT2D eigenvalue weighted by molar-refractivity contribution is -0.0451. The Morgan fingerprint density at radius 2 is 2.05 bits per heavy atom. The van der Waals surface area contributed by atoms with Crippen LogP contribution in [0.4, 0.5) is 0 Å². The number of aromatic nitrogens is 1. The molecule has 120 valence electrons. The summed E-state index contributed by atoms with van der Waals surface area (Å²) in [7, 11) is -2.12. The summed E-state index contributed by atoms with van der Waals surface area (Å²) in [6, 6.07) is 4.31. The first-order valence-electron chi connectivity index (χ1n) is 6.80. The highest BCUT2D eigenvalue weighted by Crippen LogP contribution is 2.18. The lowest BCUT2D eigenvalue weighted by Gasteiger charge is -2.10. The second-order valence-electron chi connectivity index (χ2n) is 4.91. The Morgan fingerprint density at radius 1 is 1.32 bits per heavy atom. The molecule has 9 heteroatoms. The van der Waals surface area contributed by atoms with Crippen LogP contribution in [0.1, 0.15) is 6.42 Å². The average molecular weight is 328 g/mol. The van der Waals surface area contributed by atoms with Crippen molar-refractivity contribution in [3.8, 4) is 0 Å². The predicted molar refractivity (Wildman–Crippen MR) is 77.0 cm³/mol. The van der Waals surface area contributed by atoms with E-state index in [4.69, 9.17) is 13.9 Å². The lowest BCUT2D eigenvalue weighted by atomic mass is 10.3. The standard InChI is InChI=1S/C13H16N2O6S/c1-15-10-3-2-9(8-11(10)21-13(15)16)22(17,18)14-5-4-12-19-6-7-20-12/h2-3,8,12,14H,4-7H2,1H3. The largest absolute Gasteiger partial charge is 0.419 e. The van der Waals surface area contributed by atoms with E-state index in [0.717, 1.165) is 0 Å². The van der Waals surface area contributed by atoms with Crippen LogP contribution in [0.5, 0.6) is 0 Å². The van der Waals surface area contributed by atoms with Crippen molar-refractivity contribution in [2.24, 2.45) is 7.05 Å². The molecule has 0 atom stereocenters. The van der Waals surface area contributed by atoms with Gasteiger partial charge in [0.05, 0.1) is 23.6 Å². The maximum atomic E-state index is 12.2. The summed E-state index contributed by atoms with van der Waals surface area (Å²) in [5, 5.41) is 0. The molecule has 1 aliphatic rings. The Bertz CT molecular complexity index is 832. The number of hydrogen-bond acceptors (Lipinski definition) is 6. The van der Waals surface area contributed by atoms with Gasteiger partial charge in [0.15, 0.2) is 11.9 Å². The summed E-state index contributed by atoms with van der Waals surface area (Å²) in [5.41, 5.74) is 0.773. The van der Waals surface area contributed by atoms with Crippen LogP contribution in [0, 0.1) is 0 Å². The van der Waals surface area contributed by atoms with Gasteiger partial charge in [-0.05, 0) is 12.1 Å². The number of hydrogen-bond donors (Lipinski definition) is 1. The molecule has 22 heavy (non-hydrogen) atoms. The summed E-state index contributed by atoms with van der Waals surface area (Å²) >= 11 is 0. The molecular formula is C13H16N2O6S. The minimum Gasteiger partial charge on any atom is -0.408 e. The number of ether oxygens (including phenoxy) is 2. The smallest absolute Gasteiger partial charge is 0.408 e. The van der Waals surface area contributed by atoms with Gasteiger partial charge in [-0.2, -0.15) is 0 Å². The maximum absolute atomic E-state index is 12.2. The Kier molecular flexibility index (Phi) is 4.04. The van der Waals surface area contributed by atoms with Crippen LogP contribution in [0.15, 0.2) is 32.3 Å². The second-order valence-corrected chi connectivity index (χ2v) is 6.68. The minimum atomic E-state index is -3.68. The molecule has 0 bridgehead atoms. The number of nitrogens with zero attached hydrogens (tertiary/aromatic N) is 1. The van der Waals surface area contributed by atoms with E-state index < -0.39 is 15.8 Å². The zero-order chi connectivity index (χ0) is 15.7. The predicted octanol–water partition coefficient (Wildman–Crippen LogP) is 0.173. The molecule has 1 aliphatic heterocycles. The van der Waals surface area contributed by atoms with Crippen LogP contribution >= 0.6 is 0 Å². The van der Waals surface area contributed by atoms with E-state index >= 15 is 0 Å². The fraction of sp³-hybridized carbons (Fsp3) is 0.462. The topological polar surface area (TPSA) is 99.8 Å². The molecule has 0 aliphatic carbocycles. The van der Waals surface area contributed by atoms with E-state index in [1.165, 1.54) is 22.8 Å². The first kappa shape index (κ1) is 15.2. The number of rotatable bonds is 5. The number of aryl methyl sites for hydroxylation is 1. The van der Waals surface area contributed by atoms with Crippen molar-refractivity contribution in [2.75, 3.05) is 19.8 Å². The highest BCUT2D eigenvalue weighted by molar-refractivity contribution is 7.89. The highest BCUT2D eigenvalue weighted by Gasteiger charge is 2.19. The van der Waals surface area contributed by atoms with E-state index in [-0.39, 0.29) is 23.3 Å². The van der Waals surface area contributed by atoms with Crippen molar-refractivity contribution in [1.29, 1.82) is 0 Å². The lowest BCUT2D eigenvalue weighted by Crippen LogP contribution is -2.27. The second kappa shape index (κ2) is 5.84. The Hall–Kier alpha value is -1.68. The molecule has 3 rings (SSSR count).